The third kappa shape index (κ3) is 3.99. The highest BCUT2D eigenvalue weighted by Gasteiger charge is 2.28. The number of anilines is 1. The number of carbonyl (C=O) groups excluding carboxylic acids is 1. The van der Waals surface area contributed by atoms with Gasteiger partial charge in [0, 0.05) is 31.4 Å². The van der Waals surface area contributed by atoms with Gasteiger partial charge < -0.3 is 10.2 Å². The van der Waals surface area contributed by atoms with Crippen molar-refractivity contribution in [3.8, 4) is 0 Å². The van der Waals surface area contributed by atoms with Crippen LogP contribution in [0.15, 0.2) is 18.2 Å². The van der Waals surface area contributed by atoms with Crippen LogP contribution in [0.2, 0.25) is 0 Å². The van der Waals surface area contributed by atoms with Gasteiger partial charge in [0.1, 0.15) is 0 Å². The molecule has 1 unspecified atom stereocenters. The van der Waals surface area contributed by atoms with Crippen LogP contribution in [0.25, 0.3) is 0 Å². The molecule has 1 aliphatic carbocycles. The molecule has 1 aromatic carbocycles. The second kappa shape index (κ2) is 6.08. The summed E-state index contributed by atoms with van der Waals surface area (Å²) in [6, 6.07) is 6.46. The second-order valence-corrected chi connectivity index (χ2v) is 7.33. The first kappa shape index (κ1) is 15.9. The van der Waals surface area contributed by atoms with Gasteiger partial charge in [-0.15, -0.1) is 0 Å². The highest BCUT2D eigenvalue weighted by atomic mass is 16.2. The van der Waals surface area contributed by atoms with E-state index in [-0.39, 0.29) is 5.91 Å². The minimum Gasteiger partial charge on any atom is -0.382 e. The van der Waals surface area contributed by atoms with Gasteiger partial charge in [-0.1, -0.05) is 26.3 Å². The Kier molecular flexibility index (Phi) is 4.60. The lowest BCUT2D eigenvalue weighted by atomic mass is 9.75. The van der Waals surface area contributed by atoms with Crippen molar-refractivity contribution < 1.29 is 4.79 Å². The average molecular weight is 288 g/mol. The maximum atomic E-state index is 12.1. The summed E-state index contributed by atoms with van der Waals surface area (Å²) in [5, 5.41) is 3.67. The zero-order valence-electron chi connectivity index (χ0n) is 14.0. The van der Waals surface area contributed by atoms with E-state index < -0.39 is 0 Å². The maximum absolute atomic E-state index is 12.1. The molecule has 116 valence electrons. The first-order valence-corrected chi connectivity index (χ1v) is 7.87. The zero-order valence-corrected chi connectivity index (χ0v) is 14.0. The molecule has 3 nitrogen and oxygen atoms in total. The normalized spacial score (nSPS) is 20.9. The largest absolute Gasteiger partial charge is 0.382 e. The van der Waals surface area contributed by atoms with Crippen LogP contribution in [-0.2, 0) is 0 Å². The Bertz CT molecular complexity index is 520. The number of aryl methyl sites for hydroxylation is 1. The van der Waals surface area contributed by atoms with E-state index in [9.17, 15) is 4.79 Å². The van der Waals surface area contributed by atoms with E-state index in [1.807, 2.05) is 18.2 Å². The Hall–Kier alpha value is -1.51. The van der Waals surface area contributed by atoms with Crippen LogP contribution in [0.5, 0.6) is 0 Å². The molecule has 1 fully saturated rings. The number of hydrogen-bond donors (Lipinski definition) is 1. The summed E-state index contributed by atoms with van der Waals surface area (Å²) in [7, 11) is 3.58. The van der Waals surface area contributed by atoms with Gasteiger partial charge in [0.15, 0.2) is 0 Å². The van der Waals surface area contributed by atoms with E-state index >= 15 is 0 Å². The van der Waals surface area contributed by atoms with Crippen LogP contribution in [-0.4, -0.2) is 30.9 Å². The molecule has 1 aromatic rings. The number of rotatable bonds is 3. The lowest BCUT2D eigenvalue weighted by Crippen LogP contribution is -2.32. The molecule has 21 heavy (non-hydrogen) atoms. The van der Waals surface area contributed by atoms with Crippen molar-refractivity contribution in [2.24, 2.45) is 5.41 Å². The van der Waals surface area contributed by atoms with Crippen LogP contribution >= 0.6 is 0 Å². The summed E-state index contributed by atoms with van der Waals surface area (Å²) < 4.78 is 0. The van der Waals surface area contributed by atoms with Gasteiger partial charge in [-0.05, 0) is 49.3 Å². The number of amides is 1. The highest BCUT2D eigenvalue weighted by Crippen LogP contribution is 2.36. The summed E-state index contributed by atoms with van der Waals surface area (Å²) in [5.41, 5.74) is 3.48. The molecule has 3 heteroatoms. The van der Waals surface area contributed by atoms with Crippen molar-refractivity contribution >= 4 is 11.6 Å². The fourth-order valence-electron chi connectivity index (χ4n) is 3.21. The van der Waals surface area contributed by atoms with Crippen LogP contribution in [0, 0.1) is 12.3 Å². The van der Waals surface area contributed by atoms with Crippen molar-refractivity contribution in [3.05, 3.63) is 29.3 Å². The molecule has 1 amide bonds. The molecule has 0 aromatic heterocycles. The minimum absolute atomic E-state index is 0.0574. The van der Waals surface area contributed by atoms with Gasteiger partial charge in [0.05, 0.1) is 0 Å². The van der Waals surface area contributed by atoms with Gasteiger partial charge in [0.2, 0.25) is 0 Å². The molecule has 1 N–H and O–H groups in total. The molecule has 0 aliphatic heterocycles. The molecule has 1 aliphatic rings. The van der Waals surface area contributed by atoms with E-state index in [0.717, 1.165) is 11.3 Å². The van der Waals surface area contributed by atoms with E-state index in [2.05, 4.69) is 26.1 Å². The molecule has 1 atom stereocenters. The standard InChI is InChI=1S/C18H28N2O/c1-13-8-9-14(17(21)20(4)5)11-16(13)19-15-7-6-10-18(2,3)12-15/h8-9,11,15,19H,6-7,10,12H2,1-5H3. The maximum Gasteiger partial charge on any atom is 0.253 e. The van der Waals surface area contributed by atoms with Gasteiger partial charge in [-0.2, -0.15) is 0 Å². The summed E-state index contributed by atoms with van der Waals surface area (Å²) in [6.45, 7) is 6.79. The van der Waals surface area contributed by atoms with Crippen molar-refractivity contribution in [3.63, 3.8) is 0 Å². The van der Waals surface area contributed by atoms with Crippen LogP contribution in [0.1, 0.15) is 55.5 Å². The summed E-state index contributed by atoms with van der Waals surface area (Å²) in [6.07, 6.45) is 5.00. The number of nitrogens with one attached hydrogen (secondary N) is 1. The third-order valence-corrected chi connectivity index (χ3v) is 4.46. The van der Waals surface area contributed by atoms with Gasteiger partial charge in [0.25, 0.3) is 5.91 Å². The topological polar surface area (TPSA) is 32.3 Å². The predicted octanol–water partition coefficient (Wildman–Crippen LogP) is 4.08. The van der Waals surface area contributed by atoms with Gasteiger partial charge in [-0.25, -0.2) is 0 Å². The number of hydrogen-bond acceptors (Lipinski definition) is 2. The smallest absolute Gasteiger partial charge is 0.253 e. The number of carbonyl (C=O) groups is 1. The molecule has 0 heterocycles. The highest BCUT2D eigenvalue weighted by molar-refractivity contribution is 5.95. The Morgan fingerprint density at radius 3 is 2.67 bits per heavy atom. The Labute approximate surface area is 128 Å². The van der Waals surface area contributed by atoms with Crippen molar-refractivity contribution in [2.45, 2.75) is 52.5 Å². The van der Waals surface area contributed by atoms with Crippen LogP contribution < -0.4 is 5.32 Å². The van der Waals surface area contributed by atoms with E-state index in [4.69, 9.17) is 0 Å². The van der Waals surface area contributed by atoms with Crippen molar-refractivity contribution in [2.75, 3.05) is 19.4 Å². The second-order valence-electron chi connectivity index (χ2n) is 7.33. The Morgan fingerprint density at radius 1 is 1.33 bits per heavy atom. The number of nitrogens with zero attached hydrogens (tertiary/aromatic N) is 1. The third-order valence-electron chi connectivity index (χ3n) is 4.46. The molecule has 0 saturated heterocycles. The zero-order chi connectivity index (χ0) is 15.6. The molecular weight excluding hydrogens is 260 g/mol. The van der Waals surface area contributed by atoms with E-state index in [0.29, 0.717) is 11.5 Å². The molecule has 0 radical (unpaired) electrons. The van der Waals surface area contributed by atoms with E-state index in [1.54, 1.807) is 19.0 Å². The predicted molar refractivity (Wildman–Crippen MR) is 88.9 cm³/mol. The molecule has 0 spiro atoms. The van der Waals surface area contributed by atoms with E-state index in [1.165, 1.54) is 31.2 Å². The van der Waals surface area contributed by atoms with Crippen molar-refractivity contribution in [1.82, 2.24) is 4.90 Å². The SMILES string of the molecule is Cc1ccc(C(=O)N(C)C)cc1NC1CCCC(C)(C)C1. The van der Waals surface area contributed by atoms with Crippen LogP contribution in [0.3, 0.4) is 0 Å². The monoisotopic (exact) mass is 288 g/mol. The first-order chi connectivity index (χ1) is 9.78. The quantitative estimate of drug-likeness (QED) is 0.909. The molecular formula is C18H28N2O. The lowest BCUT2D eigenvalue weighted by molar-refractivity contribution is 0.0827. The Balaban J connectivity index is 2.16. The molecule has 1 saturated carbocycles. The fraction of sp³-hybridized carbons (Fsp3) is 0.611. The summed E-state index contributed by atoms with van der Waals surface area (Å²) in [5.74, 6) is 0.0574. The van der Waals surface area contributed by atoms with Gasteiger partial charge >= 0.3 is 0 Å². The summed E-state index contributed by atoms with van der Waals surface area (Å²) in [4.78, 5) is 13.7. The fourth-order valence-corrected chi connectivity index (χ4v) is 3.21. The van der Waals surface area contributed by atoms with Crippen LogP contribution in [0.4, 0.5) is 5.69 Å². The summed E-state index contributed by atoms with van der Waals surface area (Å²) >= 11 is 0. The molecule has 2 rings (SSSR count). The van der Waals surface area contributed by atoms with Gasteiger partial charge in [-0.3, -0.25) is 4.79 Å². The lowest BCUT2D eigenvalue weighted by Gasteiger charge is -2.36. The minimum atomic E-state index is 0.0574. The average Bonchev–Trinajstić information content (AvgIpc) is 2.39. The molecule has 0 bridgehead atoms. The number of benzene rings is 1. The Morgan fingerprint density at radius 2 is 2.05 bits per heavy atom. The first-order valence-electron chi connectivity index (χ1n) is 7.87. The van der Waals surface area contributed by atoms with Crippen molar-refractivity contribution in [1.29, 1.82) is 0 Å².